The maximum absolute atomic E-state index is 4.78. The van der Waals surface area contributed by atoms with Gasteiger partial charge in [0.2, 0.25) is 0 Å². The standard InChI is InChI=1S/C58H34N2/c1-3-17-41-39(15-1)40-16-2-4-18-42(40)44-24-10-25-49-52(33-37-13-9-23-43(41)54(37)56(44)49)55-47-21-7-5-19-45(47)53(46-20-6-8-22-48(46)55)36-29-27-35(28-30-36)51-34-38-14-11-31-59-57(38)58-50(51)26-12-32-60-58/h1-34H. The van der Waals surface area contributed by atoms with Crippen molar-refractivity contribution in [3.63, 3.8) is 0 Å². The van der Waals surface area contributed by atoms with E-state index in [2.05, 4.69) is 187 Å². The van der Waals surface area contributed by atoms with Crippen LogP contribution in [0, 0.1) is 0 Å². The van der Waals surface area contributed by atoms with E-state index in [9.17, 15) is 0 Å². The van der Waals surface area contributed by atoms with Gasteiger partial charge in [0, 0.05) is 23.2 Å². The number of nitrogens with zero attached hydrogens (tertiary/aromatic N) is 2. The summed E-state index contributed by atoms with van der Waals surface area (Å²) in [6.45, 7) is 0. The van der Waals surface area contributed by atoms with E-state index in [1.54, 1.807) is 0 Å². The molecule has 2 heterocycles. The molecule has 13 rings (SSSR count). The lowest BCUT2D eigenvalue weighted by Gasteiger charge is -2.21. The number of hydrogen-bond donors (Lipinski definition) is 0. The van der Waals surface area contributed by atoms with E-state index in [1.807, 2.05) is 24.5 Å². The summed E-state index contributed by atoms with van der Waals surface area (Å²) in [7, 11) is 0. The van der Waals surface area contributed by atoms with E-state index in [4.69, 9.17) is 4.98 Å². The molecule has 0 aliphatic rings. The van der Waals surface area contributed by atoms with Gasteiger partial charge in [0.1, 0.15) is 0 Å². The highest BCUT2D eigenvalue weighted by Crippen LogP contribution is 2.49. The normalized spacial score (nSPS) is 12.0. The Hall–Kier alpha value is -7.94. The molecular weight excluding hydrogens is 725 g/mol. The van der Waals surface area contributed by atoms with Gasteiger partial charge in [0.05, 0.1) is 11.0 Å². The predicted molar refractivity (Wildman–Crippen MR) is 256 cm³/mol. The number of fused-ring (bicyclic) bond motifs is 10. The number of aromatic nitrogens is 2. The molecule has 2 aromatic heterocycles. The fraction of sp³-hybridized carbons (Fsp3) is 0. The number of benzene rings is 10. The zero-order valence-electron chi connectivity index (χ0n) is 32.5. The molecule has 2 heteroatoms. The van der Waals surface area contributed by atoms with Crippen LogP contribution in [0.2, 0.25) is 0 Å². The smallest absolute Gasteiger partial charge is 0.0970 e. The summed E-state index contributed by atoms with van der Waals surface area (Å²) in [6, 6.07) is 71.8. The van der Waals surface area contributed by atoms with Gasteiger partial charge in [-0.1, -0.05) is 170 Å². The highest BCUT2D eigenvalue weighted by molar-refractivity contribution is 6.36. The summed E-state index contributed by atoms with van der Waals surface area (Å²) in [4.78, 5) is 9.47. The lowest BCUT2D eigenvalue weighted by atomic mass is 9.82. The minimum atomic E-state index is 0.929. The van der Waals surface area contributed by atoms with Crippen molar-refractivity contribution in [3.05, 3.63) is 207 Å². The Morgan fingerprint density at radius 1 is 0.250 bits per heavy atom. The Kier molecular flexibility index (Phi) is 7.05. The molecule has 0 saturated carbocycles. The molecule has 0 saturated heterocycles. The third-order valence-corrected chi connectivity index (χ3v) is 12.9. The summed E-state index contributed by atoms with van der Waals surface area (Å²) < 4.78 is 0. The molecular formula is C58H34N2. The minimum absolute atomic E-state index is 0.929. The van der Waals surface area contributed by atoms with Gasteiger partial charge in [-0.15, -0.1) is 0 Å². The highest BCUT2D eigenvalue weighted by Gasteiger charge is 2.21. The van der Waals surface area contributed by atoms with E-state index < -0.39 is 0 Å². The molecule has 0 unspecified atom stereocenters. The average Bonchev–Trinajstić information content (AvgIpc) is 3.32. The van der Waals surface area contributed by atoms with Crippen LogP contribution in [0.4, 0.5) is 0 Å². The maximum Gasteiger partial charge on any atom is 0.0970 e. The Balaban J connectivity index is 1.10. The Morgan fingerprint density at radius 3 is 1.33 bits per heavy atom. The molecule has 0 fully saturated rings. The van der Waals surface area contributed by atoms with E-state index in [-0.39, 0.29) is 0 Å². The van der Waals surface area contributed by atoms with E-state index in [1.165, 1.54) is 97.7 Å². The zero-order valence-corrected chi connectivity index (χ0v) is 32.5. The molecule has 276 valence electrons. The molecule has 0 aliphatic carbocycles. The molecule has 0 spiro atoms. The molecule has 0 aliphatic heterocycles. The molecule has 0 radical (unpaired) electrons. The summed E-state index contributed by atoms with van der Waals surface area (Å²) in [5.41, 5.74) is 9.14. The first-order valence-electron chi connectivity index (χ1n) is 20.6. The number of hydrogen-bond acceptors (Lipinski definition) is 2. The molecule has 0 atom stereocenters. The molecule has 0 bridgehead atoms. The van der Waals surface area contributed by atoms with Crippen LogP contribution in [0.25, 0.3) is 131 Å². The summed E-state index contributed by atoms with van der Waals surface area (Å²) in [5.74, 6) is 0. The quantitative estimate of drug-likeness (QED) is 0.132. The van der Waals surface area contributed by atoms with Crippen molar-refractivity contribution in [2.45, 2.75) is 0 Å². The van der Waals surface area contributed by atoms with Gasteiger partial charge in [0.25, 0.3) is 0 Å². The van der Waals surface area contributed by atoms with Crippen molar-refractivity contribution >= 4 is 97.2 Å². The maximum atomic E-state index is 4.78. The zero-order chi connectivity index (χ0) is 39.3. The average molecular weight is 759 g/mol. The van der Waals surface area contributed by atoms with Gasteiger partial charge in [-0.3, -0.25) is 9.97 Å². The lowest BCUT2D eigenvalue weighted by molar-refractivity contribution is 1.37. The Labute approximate surface area is 345 Å². The molecule has 11 aromatic carbocycles. The molecule has 0 amide bonds. The van der Waals surface area contributed by atoms with Crippen LogP contribution in [-0.2, 0) is 0 Å². The largest absolute Gasteiger partial charge is 0.254 e. The topological polar surface area (TPSA) is 25.8 Å². The molecule has 60 heavy (non-hydrogen) atoms. The Bertz CT molecular complexity index is 3880. The number of pyridine rings is 2. The van der Waals surface area contributed by atoms with Crippen LogP contribution < -0.4 is 0 Å². The fourth-order valence-corrected chi connectivity index (χ4v) is 10.4. The second-order valence-electron chi connectivity index (χ2n) is 16.0. The van der Waals surface area contributed by atoms with Crippen molar-refractivity contribution in [1.82, 2.24) is 9.97 Å². The van der Waals surface area contributed by atoms with Gasteiger partial charge >= 0.3 is 0 Å². The van der Waals surface area contributed by atoms with Gasteiger partial charge in [-0.05, 0) is 133 Å². The monoisotopic (exact) mass is 758 g/mol. The van der Waals surface area contributed by atoms with Gasteiger partial charge < -0.3 is 0 Å². The number of rotatable bonds is 3. The first kappa shape index (κ1) is 33.1. The van der Waals surface area contributed by atoms with Crippen molar-refractivity contribution in [2.24, 2.45) is 0 Å². The summed E-state index contributed by atoms with van der Waals surface area (Å²) >= 11 is 0. The lowest BCUT2D eigenvalue weighted by Crippen LogP contribution is -1.93. The van der Waals surface area contributed by atoms with Gasteiger partial charge in [0.15, 0.2) is 0 Å². The van der Waals surface area contributed by atoms with Crippen molar-refractivity contribution in [1.29, 1.82) is 0 Å². The van der Waals surface area contributed by atoms with Crippen LogP contribution in [-0.4, -0.2) is 9.97 Å². The van der Waals surface area contributed by atoms with Crippen molar-refractivity contribution in [3.8, 4) is 33.4 Å². The van der Waals surface area contributed by atoms with Crippen LogP contribution in [0.3, 0.4) is 0 Å². The minimum Gasteiger partial charge on any atom is -0.254 e. The first-order valence-corrected chi connectivity index (χ1v) is 20.6. The van der Waals surface area contributed by atoms with Gasteiger partial charge in [-0.25, -0.2) is 0 Å². The molecule has 13 aromatic rings. The van der Waals surface area contributed by atoms with Crippen LogP contribution in [0.1, 0.15) is 0 Å². The second-order valence-corrected chi connectivity index (χ2v) is 16.0. The van der Waals surface area contributed by atoms with Crippen molar-refractivity contribution in [2.75, 3.05) is 0 Å². The summed E-state index contributed by atoms with van der Waals surface area (Å²) in [6.07, 6.45) is 3.70. The fourth-order valence-electron chi connectivity index (χ4n) is 10.4. The van der Waals surface area contributed by atoms with Crippen LogP contribution in [0.5, 0.6) is 0 Å². The first-order chi connectivity index (χ1) is 29.8. The molecule has 0 N–H and O–H groups in total. The van der Waals surface area contributed by atoms with Crippen LogP contribution in [0.15, 0.2) is 207 Å². The van der Waals surface area contributed by atoms with E-state index in [0.717, 1.165) is 32.9 Å². The van der Waals surface area contributed by atoms with E-state index >= 15 is 0 Å². The third-order valence-electron chi connectivity index (χ3n) is 12.9. The van der Waals surface area contributed by atoms with Crippen molar-refractivity contribution < 1.29 is 0 Å². The SMILES string of the molecule is c1cnc2c(c1)cc(-c1ccc(-c3c4ccccc4c(-c4cc5cccc6c7ccccc7c7ccccc7c7cccc4c7c56)c4ccccc34)cc1)c1cccnc12. The highest BCUT2D eigenvalue weighted by atomic mass is 14.7. The second kappa shape index (κ2) is 12.8. The van der Waals surface area contributed by atoms with Crippen LogP contribution >= 0.6 is 0 Å². The Morgan fingerprint density at radius 2 is 0.683 bits per heavy atom. The summed E-state index contributed by atoms with van der Waals surface area (Å²) in [5, 5.41) is 19.9. The third kappa shape index (κ3) is 4.70. The van der Waals surface area contributed by atoms with E-state index in [0.29, 0.717) is 0 Å². The predicted octanol–water partition coefficient (Wildman–Crippen LogP) is 15.9. The molecule has 2 nitrogen and oxygen atoms in total. The van der Waals surface area contributed by atoms with Gasteiger partial charge in [-0.2, -0.15) is 0 Å².